The van der Waals surface area contributed by atoms with Crippen molar-refractivity contribution in [3.05, 3.63) is 0 Å². The van der Waals surface area contributed by atoms with Gasteiger partial charge in [0.15, 0.2) is 5.41 Å². The molecule has 0 aromatic heterocycles. The van der Waals surface area contributed by atoms with Gasteiger partial charge in [0.05, 0.1) is 6.10 Å². The van der Waals surface area contributed by atoms with Crippen molar-refractivity contribution in [2.45, 2.75) is 65.6 Å². The van der Waals surface area contributed by atoms with Crippen LogP contribution in [0.1, 0.15) is 6.92 Å². The molecule has 28 heavy (non-hydrogen) atoms. The molecule has 1 unspecified atom stereocenters. The van der Waals surface area contributed by atoms with E-state index < -0.39 is 71.0 Å². The molecule has 1 N–H and O–H groups in total. The molecule has 0 amide bonds. The fraction of sp³-hybridized carbons (Fsp3) is 1.00. The van der Waals surface area contributed by atoms with Gasteiger partial charge < -0.3 is 5.11 Å². The molecule has 0 spiro atoms. The minimum absolute atomic E-state index is 0.576. The van der Waals surface area contributed by atoms with E-state index in [0.29, 0.717) is 0 Å². The van der Waals surface area contributed by atoms with Gasteiger partial charge in [-0.1, -0.05) is 0 Å². The SMILES string of the molecule is CC(O)C12C(F)(F)C3(F)C(F)(F)C(F)(C(F)(F)C(F)(C3(F)F)C1(F)F)C2(F)F. The van der Waals surface area contributed by atoms with E-state index in [1.54, 1.807) is 0 Å². The second-order valence-electron chi connectivity index (χ2n) is 6.91. The lowest BCUT2D eigenvalue weighted by atomic mass is 9.35. The summed E-state index contributed by atoms with van der Waals surface area (Å²) in [5, 5.41) is 9.10. The van der Waals surface area contributed by atoms with Crippen molar-refractivity contribution in [3.63, 3.8) is 0 Å². The van der Waals surface area contributed by atoms with Gasteiger partial charge in [-0.3, -0.25) is 0 Å². The second-order valence-corrected chi connectivity index (χ2v) is 6.91. The van der Waals surface area contributed by atoms with Crippen LogP contribution in [0.5, 0.6) is 0 Å². The highest BCUT2D eigenvalue weighted by Gasteiger charge is 3.22. The summed E-state index contributed by atoms with van der Waals surface area (Å²) in [6, 6.07) is 0. The van der Waals surface area contributed by atoms with Crippen LogP contribution in [-0.4, -0.2) is 63.8 Å². The fourth-order valence-corrected chi connectivity index (χ4v) is 4.68. The Morgan fingerprint density at radius 3 is 0.750 bits per heavy atom. The second kappa shape index (κ2) is 4.19. The van der Waals surface area contributed by atoms with Crippen LogP contribution in [0.25, 0.3) is 0 Å². The highest BCUT2D eigenvalue weighted by Crippen LogP contribution is 2.91. The Morgan fingerprint density at radius 2 is 0.607 bits per heavy atom. The number of aliphatic hydroxyl groups excluding tert-OH is 1. The lowest BCUT2D eigenvalue weighted by Gasteiger charge is -2.75. The van der Waals surface area contributed by atoms with Gasteiger partial charge in [0, 0.05) is 0 Å². The third kappa shape index (κ3) is 1.12. The maximum absolute atomic E-state index is 14.5. The summed E-state index contributed by atoms with van der Waals surface area (Å²) in [4.78, 5) is 0. The van der Waals surface area contributed by atoms with Crippen molar-refractivity contribution in [2.75, 3.05) is 0 Å². The lowest BCUT2D eigenvalue weighted by molar-refractivity contribution is -0.618. The zero-order valence-corrected chi connectivity index (χ0v) is 12.7. The number of hydrogen-bond donors (Lipinski definition) is 1. The number of alkyl halides is 15. The minimum Gasteiger partial charge on any atom is -0.392 e. The van der Waals surface area contributed by atoms with Gasteiger partial charge in [0.1, 0.15) is 0 Å². The van der Waals surface area contributed by atoms with Gasteiger partial charge in [0.2, 0.25) is 0 Å². The Kier molecular flexibility index (Phi) is 3.24. The maximum Gasteiger partial charge on any atom is 0.339 e. The zero-order valence-electron chi connectivity index (χ0n) is 12.7. The van der Waals surface area contributed by atoms with E-state index in [2.05, 4.69) is 0 Å². The summed E-state index contributed by atoms with van der Waals surface area (Å²) >= 11 is 0. The van der Waals surface area contributed by atoms with Gasteiger partial charge in [0.25, 0.3) is 0 Å². The van der Waals surface area contributed by atoms with Gasteiger partial charge >= 0.3 is 52.5 Å². The third-order valence-electron chi connectivity index (χ3n) is 6.01. The van der Waals surface area contributed by atoms with Gasteiger partial charge in [-0.05, 0) is 6.92 Å². The molecule has 4 rings (SSSR count). The van der Waals surface area contributed by atoms with Crippen LogP contribution in [0.15, 0.2) is 0 Å². The Hall–Kier alpha value is -1.09. The van der Waals surface area contributed by atoms with E-state index in [4.69, 9.17) is 5.11 Å². The average molecular weight is 450 g/mol. The van der Waals surface area contributed by atoms with E-state index in [1.165, 1.54) is 0 Å². The molecule has 16 heteroatoms. The van der Waals surface area contributed by atoms with Crippen molar-refractivity contribution in [1.29, 1.82) is 0 Å². The first-order valence-corrected chi connectivity index (χ1v) is 6.96. The largest absolute Gasteiger partial charge is 0.392 e. The Bertz CT molecular complexity index is 641. The molecule has 4 fully saturated rings. The molecule has 0 radical (unpaired) electrons. The first kappa shape index (κ1) is 21.6. The number of rotatable bonds is 1. The van der Waals surface area contributed by atoms with Crippen molar-refractivity contribution >= 4 is 0 Å². The van der Waals surface area contributed by atoms with Crippen LogP contribution >= 0.6 is 0 Å². The molecule has 4 saturated carbocycles. The van der Waals surface area contributed by atoms with Gasteiger partial charge in [-0.15, -0.1) is 0 Å². The van der Waals surface area contributed by atoms with E-state index in [-0.39, 0.29) is 0 Å². The molecular formula is C12H5F15O. The highest BCUT2D eigenvalue weighted by atomic mass is 19.3. The Labute approximate surface area is 143 Å². The highest BCUT2D eigenvalue weighted by molar-refractivity contribution is 5.53. The molecule has 0 aromatic rings. The summed E-state index contributed by atoms with van der Waals surface area (Å²) in [6.07, 6.45) is -4.34. The van der Waals surface area contributed by atoms with Gasteiger partial charge in [-0.25, -0.2) is 39.5 Å². The summed E-state index contributed by atoms with van der Waals surface area (Å²) in [6.45, 7) is -0.576. The summed E-state index contributed by atoms with van der Waals surface area (Å²) < 4.78 is 213. The van der Waals surface area contributed by atoms with Crippen molar-refractivity contribution in [3.8, 4) is 0 Å². The molecular weight excluding hydrogens is 445 g/mol. The molecule has 4 bridgehead atoms. The van der Waals surface area contributed by atoms with Crippen LogP contribution < -0.4 is 0 Å². The van der Waals surface area contributed by atoms with Crippen LogP contribution in [0.2, 0.25) is 0 Å². The van der Waals surface area contributed by atoms with Crippen molar-refractivity contribution < 1.29 is 71.0 Å². The van der Waals surface area contributed by atoms with Crippen molar-refractivity contribution in [1.82, 2.24) is 0 Å². The molecule has 4 aliphatic rings. The number of aliphatic hydroxyl groups is 1. The molecule has 0 saturated heterocycles. The first-order chi connectivity index (χ1) is 11.9. The molecule has 164 valence electrons. The predicted molar refractivity (Wildman–Crippen MR) is 55.3 cm³/mol. The monoisotopic (exact) mass is 450 g/mol. The maximum atomic E-state index is 14.5. The number of hydrogen-bond acceptors (Lipinski definition) is 1. The topological polar surface area (TPSA) is 20.2 Å². The van der Waals surface area contributed by atoms with E-state index in [9.17, 15) is 65.9 Å². The molecule has 0 aliphatic heterocycles. The summed E-state index contributed by atoms with van der Waals surface area (Å²) in [5.41, 5.74) is -29.6. The Balaban J connectivity index is 2.76. The van der Waals surface area contributed by atoms with E-state index in [1.807, 2.05) is 0 Å². The van der Waals surface area contributed by atoms with Crippen LogP contribution in [0.3, 0.4) is 0 Å². The van der Waals surface area contributed by atoms with E-state index >= 15 is 0 Å². The smallest absolute Gasteiger partial charge is 0.339 e. The minimum atomic E-state index is -7.80. The normalized spacial score (nSPS) is 51.8. The third-order valence-corrected chi connectivity index (χ3v) is 6.01. The van der Waals surface area contributed by atoms with Crippen molar-refractivity contribution in [2.24, 2.45) is 5.41 Å². The fourth-order valence-electron chi connectivity index (χ4n) is 4.68. The van der Waals surface area contributed by atoms with Crippen LogP contribution in [-0.2, 0) is 0 Å². The molecule has 0 aromatic carbocycles. The predicted octanol–water partition coefficient (Wildman–Crippen LogP) is 4.33. The summed E-state index contributed by atoms with van der Waals surface area (Å²) in [5.74, 6) is -46.0. The van der Waals surface area contributed by atoms with Crippen LogP contribution in [0.4, 0.5) is 65.9 Å². The first-order valence-electron chi connectivity index (χ1n) is 6.96. The van der Waals surface area contributed by atoms with Crippen LogP contribution in [0, 0.1) is 5.41 Å². The van der Waals surface area contributed by atoms with E-state index in [0.717, 1.165) is 0 Å². The number of halogens is 15. The summed E-state index contributed by atoms with van der Waals surface area (Å²) in [7, 11) is 0. The molecule has 1 atom stereocenters. The average Bonchev–Trinajstić information content (AvgIpc) is 2.46. The molecule has 4 aliphatic carbocycles. The lowest BCUT2D eigenvalue weighted by Crippen LogP contribution is -3.08. The molecule has 0 heterocycles. The standard InChI is InChI=1S/C12H5F15O/c1-2(28)3-7(16,17)4(13)10(22,23)5(14,8(3,18)19)12(26,27)6(15,9(3,20)21)11(4,24)25/h2,28H,1H3. The Morgan fingerprint density at radius 1 is 0.429 bits per heavy atom. The quantitative estimate of drug-likeness (QED) is 0.590. The molecule has 1 nitrogen and oxygen atoms in total. The van der Waals surface area contributed by atoms with Gasteiger partial charge in [-0.2, -0.15) is 26.3 Å². The zero-order chi connectivity index (χ0) is 22.6.